The zero-order valence-electron chi connectivity index (χ0n) is 18.6. The standard InChI is InChI=1S/C25H26N2O5/c1-14-11-15(2)24(32-4)17(12-14)22(28)20-21(27(9-10-31-3)25(30)23(20)29)18-13-26-19-8-6-5-7-16(18)19/h5-8,11-13,21,26,28H,9-10H2,1-4H3/b22-20+. The molecular weight excluding hydrogens is 408 g/mol. The van der Waals surface area contributed by atoms with Crippen LogP contribution in [0, 0.1) is 13.8 Å². The van der Waals surface area contributed by atoms with E-state index in [1.165, 1.54) is 19.1 Å². The van der Waals surface area contributed by atoms with Crippen molar-refractivity contribution in [3.8, 4) is 5.75 Å². The number of nitrogens with zero attached hydrogens (tertiary/aromatic N) is 1. The summed E-state index contributed by atoms with van der Waals surface area (Å²) in [4.78, 5) is 30.9. The number of aliphatic hydroxyl groups excluding tert-OH is 1. The quantitative estimate of drug-likeness (QED) is 0.349. The number of amides is 1. The van der Waals surface area contributed by atoms with E-state index in [-0.39, 0.29) is 24.5 Å². The number of fused-ring (bicyclic) bond motifs is 1. The van der Waals surface area contributed by atoms with Crippen LogP contribution in [0.3, 0.4) is 0 Å². The number of Topliss-reactive ketones (excluding diaryl/α,β-unsaturated/α-hetero) is 1. The number of carbonyl (C=O) groups excluding carboxylic acids is 2. The molecule has 1 saturated heterocycles. The molecule has 1 atom stereocenters. The molecule has 0 spiro atoms. The molecule has 3 aromatic rings. The van der Waals surface area contributed by atoms with Gasteiger partial charge in [0.1, 0.15) is 11.5 Å². The molecule has 0 aliphatic carbocycles. The van der Waals surface area contributed by atoms with Gasteiger partial charge >= 0.3 is 0 Å². The van der Waals surface area contributed by atoms with Crippen molar-refractivity contribution in [3.63, 3.8) is 0 Å². The van der Waals surface area contributed by atoms with Gasteiger partial charge in [0, 0.05) is 36.3 Å². The Morgan fingerprint density at radius 2 is 1.91 bits per heavy atom. The summed E-state index contributed by atoms with van der Waals surface area (Å²) in [7, 11) is 3.06. The average molecular weight is 434 g/mol. The van der Waals surface area contributed by atoms with Crippen LogP contribution in [0.25, 0.3) is 16.7 Å². The van der Waals surface area contributed by atoms with Gasteiger partial charge in [0.15, 0.2) is 0 Å². The second-order valence-electron chi connectivity index (χ2n) is 7.94. The number of hydrogen-bond acceptors (Lipinski definition) is 5. The second-order valence-corrected chi connectivity index (χ2v) is 7.94. The van der Waals surface area contributed by atoms with Crippen molar-refractivity contribution < 1.29 is 24.2 Å². The molecule has 7 nitrogen and oxygen atoms in total. The van der Waals surface area contributed by atoms with Gasteiger partial charge in [-0.05, 0) is 37.1 Å². The number of para-hydroxylation sites is 1. The van der Waals surface area contributed by atoms with Crippen LogP contribution < -0.4 is 4.74 Å². The highest BCUT2D eigenvalue weighted by Gasteiger charge is 2.47. The predicted octanol–water partition coefficient (Wildman–Crippen LogP) is 3.86. The lowest BCUT2D eigenvalue weighted by Crippen LogP contribution is -2.32. The van der Waals surface area contributed by atoms with Crippen LogP contribution in [0.1, 0.15) is 28.3 Å². The van der Waals surface area contributed by atoms with Gasteiger partial charge in [-0.2, -0.15) is 0 Å². The predicted molar refractivity (Wildman–Crippen MR) is 122 cm³/mol. The van der Waals surface area contributed by atoms with Crippen LogP contribution in [0.2, 0.25) is 0 Å². The summed E-state index contributed by atoms with van der Waals surface area (Å²) in [5.74, 6) is -1.17. The fraction of sp³-hybridized carbons (Fsp3) is 0.280. The zero-order chi connectivity index (χ0) is 23.0. The monoisotopic (exact) mass is 434 g/mol. The SMILES string of the molecule is COCCN1C(=O)C(=O)/C(=C(/O)c2cc(C)cc(C)c2OC)C1c1c[nH]c2ccccc12. The largest absolute Gasteiger partial charge is 0.507 e. The van der Waals surface area contributed by atoms with Gasteiger partial charge in [-0.25, -0.2) is 0 Å². The summed E-state index contributed by atoms with van der Waals surface area (Å²) in [6.45, 7) is 4.25. The highest BCUT2D eigenvalue weighted by Crippen LogP contribution is 2.43. The third-order valence-corrected chi connectivity index (χ3v) is 5.87. The Kier molecular flexibility index (Phi) is 5.76. The molecule has 7 heteroatoms. The summed E-state index contributed by atoms with van der Waals surface area (Å²) in [6, 6.07) is 10.6. The van der Waals surface area contributed by atoms with Gasteiger partial charge < -0.3 is 24.5 Å². The molecule has 1 unspecified atom stereocenters. The van der Waals surface area contributed by atoms with Crippen LogP contribution in [-0.2, 0) is 14.3 Å². The Morgan fingerprint density at radius 3 is 2.62 bits per heavy atom. The maximum atomic E-state index is 13.2. The van der Waals surface area contributed by atoms with Gasteiger partial charge in [-0.3, -0.25) is 9.59 Å². The number of benzene rings is 2. The number of carbonyl (C=O) groups is 2. The lowest BCUT2D eigenvalue weighted by molar-refractivity contribution is -0.140. The van der Waals surface area contributed by atoms with E-state index >= 15 is 0 Å². The summed E-state index contributed by atoms with van der Waals surface area (Å²) in [5, 5.41) is 12.3. The van der Waals surface area contributed by atoms with E-state index in [0.29, 0.717) is 11.3 Å². The Labute approximate surface area is 186 Å². The van der Waals surface area contributed by atoms with Gasteiger partial charge in [-0.15, -0.1) is 0 Å². The first-order valence-electron chi connectivity index (χ1n) is 10.4. The van der Waals surface area contributed by atoms with E-state index in [2.05, 4.69) is 4.98 Å². The van der Waals surface area contributed by atoms with Crippen molar-refractivity contribution in [1.29, 1.82) is 0 Å². The van der Waals surface area contributed by atoms with Crippen molar-refractivity contribution in [2.75, 3.05) is 27.4 Å². The van der Waals surface area contributed by atoms with Gasteiger partial charge in [-0.1, -0.05) is 24.3 Å². The molecule has 1 aliphatic heterocycles. The number of H-pyrrole nitrogens is 1. The van der Waals surface area contributed by atoms with Gasteiger partial charge in [0.2, 0.25) is 0 Å². The first-order chi connectivity index (χ1) is 15.4. The fourth-order valence-electron chi connectivity index (χ4n) is 4.49. The zero-order valence-corrected chi connectivity index (χ0v) is 18.6. The highest BCUT2D eigenvalue weighted by molar-refractivity contribution is 6.46. The van der Waals surface area contributed by atoms with Crippen molar-refractivity contribution in [2.45, 2.75) is 19.9 Å². The third-order valence-electron chi connectivity index (χ3n) is 5.87. The minimum atomic E-state index is -0.758. The van der Waals surface area contributed by atoms with Crippen LogP contribution in [0.5, 0.6) is 5.75 Å². The molecule has 0 radical (unpaired) electrons. The maximum Gasteiger partial charge on any atom is 0.295 e. The number of hydrogen-bond donors (Lipinski definition) is 2. The molecule has 1 amide bonds. The molecule has 1 aliphatic rings. The number of aryl methyl sites for hydroxylation is 2. The molecule has 0 bridgehead atoms. The molecule has 2 heterocycles. The van der Waals surface area contributed by atoms with E-state index < -0.39 is 17.7 Å². The molecule has 32 heavy (non-hydrogen) atoms. The van der Waals surface area contributed by atoms with E-state index in [4.69, 9.17) is 9.47 Å². The first-order valence-corrected chi connectivity index (χ1v) is 10.4. The number of nitrogens with one attached hydrogen (secondary N) is 1. The summed E-state index contributed by atoms with van der Waals surface area (Å²) >= 11 is 0. The molecule has 4 rings (SSSR count). The Hall–Kier alpha value is -3.58. The van der Waals surface area contributed by atoms with Gasteiger partial charge in [0.05, 0.1) is 30.9 Å². The molecule has 0 saturated carbocycles. The van der Waals surface area contributed by atoms with E-state index in [1.54, 1.807) is 12.3 Å². The molecular formula is C25H26N2O5. The van der Waals surface area contributed by atoms with E-state index in [9.17, 15) is 14.7 Å². The average Bonchev–Trinajstić information content (AvgIpc) is 3.30. The topological polar surface area (TPSA) is 91.9 Å². The molecule has 2 N–H and O–H groups in total. The Balaban J connectivity index is 1.98. The Bertz CT molecular complexity index is 1240. The van der Waals surface area contributed by atoms with Crippen LogP contribution in [0.15, 0.2) is 48.2 Å². The smallest absolute Gasteiger partial charge is 0.295 e. The number of aliphatic hydroxyl groups is 1. The maximum absolute atomic E-state index is 13.2. The number of rotatable bonds is 6. The van der Waals surface area contributed by atoms with Crippen LogP contribution in [-0.4, -0.2) is 54.1 Å². The minimum Gasteiger partial charge on any atom is -0.507 e. The molecule has 1 aromatic heterocycles. The molecule has 166 valence electrons. The number of methoxy groups -OCH3 is 2. The van der Waals surface area contributed by atoms with E-state index in [0.717, 1.165) is 27.6 Å². The number of likely N-dealkylation sites (tertiary alicyclic amines) is 1. The van der Waals surface area contributed by atoms with Crippen LogP contribution >= 0.6 is 0 Å². The van der Waals surface area contributed by atoms with Crippen molar-refractivity contribution in [3.05, 3.63) is 70.4 Å². The van der Waals surface area contributed by atoms with E-state index in [1.807, 2.05) is 44.2 Å². The van der Waals surface area contributed by atoms with Crippen LogP contribution in [0.4, 0.5) is 0 Å². The number of aromatic amines is 1. The minimum absolute atomic E-state index is 0.0409. The van der Waals surface area contributed by atoms with Crippen molar-refractivity contribution in [2.24, 2.45) is 0 Å². The van der Waals surface area contributed by atoms with Crippen molar-refractivity contribution in [1.82, 2.24) is 9.88 Å². The number of aromatic nitrogens is 1. The van der Waals surface area contributed by atoms with Crippen molar-refractivity contribution >= 4 is 28.4 Å². The summed E-state index contributed by atoms with van der Waals surface area (Å²) in [5.41, 5.74) is 3.77. The second kappa shape index (κ2) is 8.51. The fourth-order valence-corrected chi connectivity index (χ4v) is 4.49. The first kappa shape index (κ1) is 21.6. The molecule has 1 fully saturated rings. The normalized spacial score (nSPS) is 18.0. The molecule has 2 aromatic carbocycles. The summed E-state index contributed by atoms with van der Waals surface area (Å²) < 4.78 is 10.7. The Morgan fingerprint density at radius 1 is 1.16 bits per heavy atom. The lowest BCUT2D eigenvalue weighted by atomic mass is 9.93. The lowest BCUT2D eigenvalue weighted by Gasteiger charge is -2.24. The highest BCUT2D eigenvalue weighted by atomic mass is 16.5. The number of ether oxygens (including phenoxy) is 2. The third kappa shape index (κ3) is 3.44. The summed E-state index contributed by atoms with van der Waals surface area (Å²) in [6.07, 6.45) is 1.78. The number of ketones is 1. The van der Waals surface area contributed by atoms with Gasteiger partial charge in [0.25, 0.3) is 11.7 Å².